The highest BCUT2D eigenvalue weighted by atomic mass is 31.2. The Balaban J connectivity index is 2.17. The summed E-state index contributed by atoms with van der Waals surface area (Å²) in [7, 11) is -12.6. The Morgan fingerprint density at radius 2 is 1.81 bits per heavy atom. The molecule has 6 N–H and O–H groups in total. The fourth-order valence-electron chi connectivity index (χ4n) is 2.14. The van der Waals surface area contributed by atoms with Crippen LogP contribution in [0.5, 0.6) is 0 Å². The van der Waals surface area contributed by atoms with Crippen LogP contribution in [0, 0.1) is 0 Å². The SMILES string of the molecule is O=c1ccn([C@@H]2O[C@H](COP(=O)(O)C(F)(F)P(=O)(O)O)[C@@H](O)[C@H]2O)c(=O)[nH]1. The van der Waals surface area contributed by atoms with Gasteiger partial charge in [0.25, 0.3) is 5.56 Å². The Morgan fingerprint density at radius 3 is 2.33 bits per heavy atom. The zero-order valence-electron chi connectivity index (χ0n) is 13.0. The predicted molar refractivity (Wildman–Crippen MR) is 80.0 cm³/mol. The number of aromatic amines is 1. The summed E-state index contributed by atoms with van der Waals surface area (Å²) in [6, 6.07) is 0.885. The second-order valence-corrected chi connectivity index (χ2v) is 9.30. The number of ether oxygens (including phenoxy) is 1. The molecule has 0 saturated carbocycles. The molecule has 0 aromatic carbocycles. The van der Waals surface area contributed by atoms with E-state index in [4.69, 9.17) is 19.4 Å². The number of nitrogens with zero attached hydrogens (tertiary/aromatic N) is 1. The number of aromatic nitrogens is 2. The van der Waals surface area contributed by atoms with E-state index in [1.807, 2.05) is 4.98 Å². The van der Waals surface area contributed by atoms with Crippen LogP contribution in [0.1, 0.15) is 6.23 Å². The molecule has 2 heterocycles. The number of aliphatic hydroxyl groups is 2. The third-order valence-electron chi connectivity index (χ3n) is 3.57. The Kier molecular flexibility index (Phi) is 5.93. The third kappa shape index (κ3) is 4.11. The molecule has 1 fully saturated rings. The largest absolute Gasteiger partial charge is 0.443 e. The first-order valence-electron chi connectivity index (χ1n) is 6.93. The molecule has 0 spiro atoms. The highest BCUT2D eigenvalue weighted by molar-refractivity contribution is 7.72. The number of H-pyrrole nitrogens is 1. The molecule has 1 saturated heterocycles. The maximum Gasteiger partial charge on any atom is 0.443 e. The maximum absolute atomic E-state index is 13.4. The second kappa shape index (κ2) is 7.28. The van der Waals surface area contributed by atoms with Crippen LogP contribution in [-0.4, -0.2) is 64.8 Å². The van der Waals surface area contributed by atoms with Crippen molar-refractivity contribution in [1.82, 2.24) is 9.55 Å². The van der Waals surface area contributed by atoms with Crippen molar-refractivity contribution >= 4 is 15.2 Å². The average Bonchev–Trinajstić information content (AvgIpc) is 2.80. The molecule has 1 aromatic heterocycles. The van der Waals surface area contributed by atoms with Crippen molar-refractivity contribution in [3.8, 4) is 0 Å². The molecule has 0 amide bonds. The lowest BCUT2D eigenvalue weighted by molar-refractivity contribution is -0.0545. The topological polar surface area (TPSA) is 209 Å². The van der Waals surface area contributed by atoms with E-state index in [9.17, 15) is 37.7 Å². The molecule has 2 rings (SSSR count). The van der Waals surface area contributed by atoms with Crippen molar-refractivity contribution in [1.29, 1.82) is 0 Å². The number of hydrogen-bond acceptors (Lipinski definition) is 8. The molecule has 1 aromatic rings. The number of alkyl halides is 2. The predicted octanol–water partition coefficient (Wildman–Crippen LogP) is -1.91. The summed E-state index contributed by atoms with van der Waals surface area (Å²) in [5, 5.41) is 14.3. The van der Waals surface area contributed by atoms with Gasteiger partial charge in [0.1, 0.15) is 18.3 Å². The number of rotatable bonds is 6. The molecule has 1 unspecified atom stereocenters. The summed E-state index contributed by atoms with van der Waals surface area (Å²) in [6.45, 7) is -1.28. The Labute approximate surface area is 147 Å². The van der Waals surface area contributed by atoms with Gasteiger partial charge in [0.05, 0.1) is 6.61 Å². The number of halogens is 2. The van der Waals surface area contributed by atoms with E-state index in [1.54, 1.807) is 0 Å². The molecule has 0 aliphatic carbocycles. The van der Waals surface area contributed by atoms with E-state index in [0.29, 0.717) is 4.57 Å². The van der Waals surface area contributed by atoms with Crippen molar-refractivity contribution in [3.05, 3.63) is 33.1 Å². The van der Waals surface area contributed by atoms with E-state index in [-0.39, 0.29) is 0 Å². The van der Waals surface area contributed by atoms with E-state index in [2.05, 4.69) is 4.52 Å². The van der Waals surface area contributed by atoms with Gasteiger partial charge in [-0.2, -0.15) is 8.78 Å². The van der Waals surface area contributed by atoms with E-state index in [0.717, 1.165) is 12.3 Å². The Hall–Kier alpha value is -1.28. The summed E-state index contributed by atoms with van der Waals surface area (Å²) in [4.78, 5) is 50.6. The zero-order chi connectivity index (χ0) is 20.8. The molecule has 154 valence electrons. The van der Waals surface area contributed by atoms with Gasteiger partial charge in [-0.15, -0.1) is 0 Å². The first-order valence-corrected chi connectivity index (χ1v) is 10.1. The summed E-state index contributed by atoms with van der Waals surface area (Å²) in [5.74, 6) is 0. The molecular weight excluding hydrogens is 424 g/mol. The summed E-state index contributed by atoms with van der Waals surface area (Å²) in [6.07, 6.45) is -6.15. The smallest absolute Gasteiger partial charge is 0.387 e. The monoisotopic (exact) mass is 438 g/mol. The maximum atomic E-state index is 13.4. The lowest BCUT2D eigenvalue weighted by Crippen LogP contribution is -2.37. The number of hydrogen-bond donors (Lipinski definition) is 6. The molecule has 5 atom stereocenters. The molecule has 1 aliphatic heterocycles. The zero-order valence-corrected chi connectivity index (χ0v) is 14.7. The van der Waals surface area contributed by atoms with Crippen LogP contribution in [0.2, 0.25) is 0 Å². The van der Waals surface area contributed by atoms with Crippen molar-refractivity contribution in [3.63, 3.8) is 0 Å². The van der Waals surface area contributed by atoms with Crippen LogP contribution in [0.3, 0.4) is 0 Å². The number of aliphatic hydroxyl groups excluding tert-OH is 2. The second-order valence-electron chi connectivity index (χ2n) is 5.43. The van der Waals surface area contributed by atoms with Crippen LogP contribution >= 0.6 is 15.2 Å². The summed E-state index contributed by atoms with van der Waals surface area (Å²) in [5.41, 5.74) is -1.81. The quantitative estimate of drug-likeness (QED) is 0.270. The average molecular weight is 438 g/mol. The van der Waals surface area contributed by atoms with Crippen LogP contribution in [0.25, 0.3) is 0 Å². The van der Waals surface area contributed by atoms with E-state index in [1.165, 1.54) is 0 Å². The normalized spacial score (nSPS) is 28.9. The molecule has 1 aliphatic rings. The standard InChI is InChI=1S/C10H14F2N2O11P2/c11-10(12,26(19,20)21)27(22,23)24-3-4-6(16)7(17)8(25-4)14-2-1-5(15)13-9(14)18/h1-2,4,6-8,16-17H,3H2,(H,22,23)(H,13,15,18)(H2,19,20,21)/t4-,6-,7-,8-/m1/s1. The minimum Gasteiger partial charge on any atom is -0.387 e. The fraction of sp³-hybridized carbons (Fsp3) is 0.600. The van der Waals surface area contributed by atoms with Crippen molar-refractivity contribution < 1.29 is 52.1 Å². The van der Waals surface area contributed by atoms with E-state index >= 15 is 0 Å². The first kappa shape index (κ1) is 22.0. The molecule has 13 nitrogen and oxygen atoms in total. The summed E-state index contributed by atoms with van der Waals surface area (Å²) >= 11 is 0. The fourth-order valence-corrected chi connectivity index (χ4v) is 4.14. The number of nitrogens with one attached hydrogen (secondary N) is 1. The van der Waals surface area contributed by atoms with Gasteiger partial charge in [-0.25, -0.2) is 4.79 Å². The first-order chi connectivity index (χ1) is 12.2. The lowest BCUT2D eigenvalue weighted by Gasteiger charge is -2.24. The van der Waals surface area contributed by atoms with Gasteiger partial charge >= 0.3 is 26.3 Å². The molecule has 17 heteroatoms. The van der Waals surface area contributed by atoms with Crippen molar-refractivity contribution in [2.24, 2.45) is 0 Å². The highest BCUT2D eigenvalue weighted by Crippen LogP contribution is 2.73. The van der Waals surface area contributed by atoms with Gasteiger partial charge in [0.15, 0.2) is 6.23 Å². The molecule has 27 heavy (non-hydrogen) atoms. The van der Waals surface area contributed by atoms with Gasteiger partial charge in [-0.1, -0.05) is 0 Å². The molecule has 0 bridgehead atoms. The van der Waals surface area contributed by atoms with Crippen molar-refractivity contribution in [2.45, 2.75) is 29.9 Å². The van der Waals surface area contributed by atoms with Crippen LogP contribution in [0.15, 0.2) is 21.9 Å². The van der Waals surface area contributed by atoms with Gasteiger partial charge in [-0.3, -0.25) is 23.5 Å². The third-order valence-corrected chi connectivity index (χ3v) is 6.99. The van der Waals surface area contributed by atoms with Crippen molar-refractivity contribution in [2.75, 3.05) is 6.61 Å². The minimum atomic E-state index is -6.35. The van der Waals surface area contributed by atoms with Crippen LogP contribution < -0.4 is 11.2 Å². The Bertz CT molecular complexity index is 911. The van der Waals surface area contributed by atoms with Gasteiger partial charge < -0.3 is 34.2 Å². The highest BCUT2D eigenvalue weighted by Gasteiger charge is 2.65. The minimum absolute atomic E-state index is 0.651. The van der Waals surface area contributed by atoms with Gasteiger partial charge in [0, 0.05) is 12.3 Å². The molecule has 0 radical (unpaired) electrons. The van der Waals surface area contributed by atoms with E-state index < -0.39 is 63.0 Å². The summed E-state index contributed by atoms with van der Waals surface area (Å²) < 4.78 is 58.5. The van der Waals surface area contributed by atoms with Crippen LogP contribution in [0.4, 0.5) is 8.78 Å². The van der Waals surface area contributed by atoms with Gasteiger partial charge in [-0.05, 0) is 0 Å². The molecular formula is C10H14F2N2O11P2. The Morgan fingerprint density at radius 1 is 1.22 bits per heavy atom. The van der Waals surface area contributed by atoms with Crippen LogP contribution in [-0.2, 0) is 18.4 Å². The van der Waals surface area contributed by atoms with Gasteiger partial charge in [0.2, 0.25) is 0 Å². The lowest BCUT2D eigenvalue weighted by atomic mass is 10.1.